The number of likely N-dealkylation sites (N-methyl/N-ethyl adjacent to an activating group) is 1. The summed E-state index contributed by atoms with van der Waals surface area (Å²) >= 11 is 1.50. The summed E-state index contributed by atoms with van der Waals surface area (Å²) in [6.45, 7) is 14.7. The Labute approximate surface area is 215 Å². The summed E-state index contributed by atoms with van der Waals surface area (Å²) in [4.78, 5) is 31.3. The standard InChI is InChI=1S/C27H39N5OSSi/c1-18(2)35(19(3)4,20(5)6)14-11-21-15-23(29-24-22(21)16-28-25(30-24)34-8)32-26(33)31(7)17-27(32)12-9-10-13-27/h15-16,18-20H,9-10,12-13,17H2,1-8H3. The number of anilines is 1. The molecule has 2 aromatic heterocycles. The van der Waals surface area contributed by atoms with E-state index in [0.717, 1.165) is 43.2 Å². The summed E-state index contributed by atoms with van der Waals surface area (Å²) in [7, 11) is -0.0413. The average Bonchev–Trinajstić information content (AvgIpc) is 3.36. The first kappa shape index (κ1) is 26.0. The van der Waals surface area contributed by atoms with Crippen molar-refractivity contribution in [3.8, 4) is 11.5 Å². The van der Waals surface area contributed by atoms with Gasteiger partial charge in [0.2, 0.25) is 0 Å². The third-order valence-corrected chi connectivity index (χ3v) is 15.1. The highest BCUT2D eigenvalue weighted by Gasteiger charge is 2.51. The molecule has 0 N–H and O–H groups in total. The molecule has 0 atom stereocenters. The minimum Gasteiger partial charge on any atom is -0.325 e. The molecule has 1 aliphatic heterocycles. The molecule has 1 saturated heterocycles. The third kappa shape index (κ3) is 4.35. The zero-order valence-electron chi connectivity index (χ0n) is 22.5. The molecular formula is C27H39N5OSSi. The number of thioether (sulfide) groups is 1. The summed E-state index contributed by atoms with van der Waals surface area (Å²) in [5.41, 5.74) is 6.79. The highest BCUT2D eigenvalue weighted by molar-refractivity contribution is 7.98. The second-order valence-electron chi connectivity index (χ2n) is 11.2. The molecule has 0 radical (unpaired) electrons. The fourth-order valence-corrected chi connectivity index (χ4v) is 12.2. The Morgan fingerprint density at radius 1 is 1.06 bits per heavy atom. The van der Waals surface area contributed by atoms with E-state index in [1.54, 1.807) is 0 Å². The van der Waals surface area contributed by atoms with Gasteiger partial charge in [0, 0.05) is 25.4 Å². The third-order valence-electron chi connectivity index (χ3n) is 8.28. The maximum Gasteiger partial charge on any atom is 0.326 e. The number of nitrogens with zero attached hydrogens (tertiary/aromatic N) is 5. The maximum atomic E-state index is 13.4. The van der Waals surface area contributed by atoms with Gasteiger partial charge in [0.15, 0.2) is 10.8 Å². The largest absolute Gasteiger partial charge is 0.326 e. The van der Waals surface area contributed by atoms with Crippen molar-refractivity contribution >= 4 is 42.7 Å². The van der Waals surface area contributed by atoms with Gasteiger partial charge in [-0.25, -0.2) is 19.7 Å². The normalized spacial score (nSPS) is 18.0. The topological polar surface area (TPSA) is 62.2 Å². The first-order valence-corrected chi connectivity index (χ1v) is 16.3. The molecule has 2 amide bonds. The first-order valence-electron chi connectivity index (χ1n) is 12.9. The van der Waals surface area contributed by atoms with Gasteiger partial charge in [0.05, 0.1) is 10.9 Å². The Bertz CT molecular complexity index is 1160. The summed E-state index contributed by atoms with van der Waals surface area (Å²) in [6.07, 6.45) is 8.11. The fraction of sp³-hybridized carbons (Fsp3) is 0.630. The van der Waals surface area contributed by atoms with Gasteiger partial charge in [-0.05, 0) is 41.8 Å². The van der Waals surface area contributed by atoms with Gasteiger partial charge in [-0.3, -0.25) is 4.90 Å². The molecule has 2 aromatic rings. The number of hydrogen-bond donors (Lipinski definition) is 0. The van der Waals surface area contributed by atoms with E-state index in [2.05, 4.69) is 58.0 Å². The summed E-state index contributed by atoms with van der Waals surface area (Å²) in [5.74, 6) is 4.29. The predicted octanol–water partition coefficient (Wildman–Crippen LogP) is 6.50. The van der Waals surface area contributed by atoms with Crippen LogP contribution in [0.15, 0.2) is 17.4 Å². The first-order chi connectivity index (χ1) is 16.6. The lowest BCUT2D eigenvalue weighted by Crippen LogP contribution is -2.45. The van der Waals surface area contributed by atoms with Gasteiger partial charge in [0.1, 0.15) is 13.9 Å². The maximum absolute atomic E-state index is 13.4. The molecule has 1 aliphatic carbocycles. The number of hydrogen-bond acceptors (Lipinski definition) is 5. The second kappa shape index (κ2) is 9.74. The minimum absolute atomic E-state index is 0.0204. The molecule has 0 unspecified atom stereocenters. The molecule has 2 aliphatic rings. The van der Waals surface area contributed by atoms with Gasteiger partial charge in [-0.1, -0.05) is 72.1 Å². The number of urea groups is 1. The van der Waals surface area contributed by atoms with Crippen LogP contribution in [0.1, 0.15) is 72.8 Å². The van der Waals surface area contributed by atoms with Crippen molar-refractivity contribution in [2.24, 2.45) is 0 Å². The lowest BCUT2D eigenvalue weighted by Gasteiger charge is -2.38. The van der Waals surface area contributed by atoms with Crippen LogP contribution in [0.4, 0.5) is 10.6 Å². The lowest BCUT2D eigenvalue weighted by molar-refractivity contribution is 0.229. The van der Waals surface area contributed by atoms with Gasteiger partial charge >= 0.3 is 6.03 Å². The Balaban J connectivity index is 1.94. The van der Waals surface area contributed by atoms with Gasteiger partial charge in [-0.15, -0.1) is 5.54 Å². The van der Waals surface area contributed by atoms with Crippen molar-refractivity contribution < 1.29 is 4.79 Å². The van der Waals surface area contributed by atoms with Gasteiger partial charge in [-0.2, -0.15) is 0 Å². The Morgan fingerprint density at radius 2 is 1.69 bits per heavy atom. The lowest BCUT2D eigenvalue weighted by atomic mass is 9.96. The van der Waals surface area contributed by atoms with Gasteiger partial charge in [0.25, 0.3) is 0 Å². The molecule has 1 saturated carbocycles. The van der Waals surface area contributed by atoms with E-state index >= 15 is 0 Å². The van der Waals surface area contributed by atoms with E-state index in [0.29, 0.717) is 33.2 Å². The van der Waals surface area contributed by atoms with Gasteiger partial charge < -0.3 is 4.90 Å². The van der Waals surface area contributed by atoms with Crippen molar-refractivity contribution in [3.05, 3.63) is 17.8 Å². The molecule has 1 spiro atoms. The van der Waals surface area contributed by atoms with Crippen LogP contribution in [-0.4, -0.2) is 59.3 Å². The van der Waals surface area contributed by atoms with E-state index in [1.165, 1.54) is 11.8 Å². The van der Waals surface area contributed by atoms with E-state index < -0.39 is 8.07 Å². The Kier molecular flexibility index (Phi) is 7.23. The van der Waals surface area contributed by atoms with Crippen LogP contribution >= 0.6 is 11.8 Å². The molecule has 4 rings (SSSR count). The number of carbonyl (C=O) groups is 1. The highest BCUT2D eigenvalue weighted by atomic mass is 32.2. The monoisotopic (exact) mass is 509 g/mol. The number of aromatic nitrogens is 3. The van der Waals surface area contributed by atoms with E-state index in [-0.39, 0.29) is 11.6 Å². The molecule has 6 nitrogen and oxygen atoms in total. The van der Waals surface area contributed by atoms with Crippen molar-refractivity contribution in [1.29, 1.82) is 0 Å². The molecule has 35 heavy (non-hydrogen) atoms. The fourth-order valence-electron chi connectivity index (χ4n) is 6.61. The summed E-state index contributed by atoms with van der Waals surface area (Å²) in [6, 6.07) is 2.04. The highest BCUT2D eigenvalue weighted by Crippen LogP contribution is 2.44. The molecule has 188 valence electrons. The van der Waals surface area contributed by atoms with Crippen LogP contribution in [0, 0.1) is 11.5 Å². The quantitative estimate of drug-likeness (QED) is 0.199. The Morgan fingerprint density at radius 3 is 2.26 bits per heavy atom. The molecule has 0 aromatic carbocycles. The summed E-state index contributed by atoms with van der Waals surface area (Å²) in [5, 5.41) is 1.54. The molecular weight excluding hydrogens is 470 g/mol. The van der Waals surface area contributed by atoms with E-state index in [1.807, 2.05) is 35.4 Å². The zero-order chi connectivity index (χ0) is 25.5. The number of rotatable bonds is 5. The molecule has 2 fully saturated rings. The SMILES string of the molecule is CSc1ncc2c(C#C[Si](C(C)C)(C(C)C)C(C)C)cc(N3C(=O)N(C)CC34CCCC4)nc2n1. The number of pyridine rings is 1. The molecule has 3 heterocycles. The molecule has 0 bridgehead atoms. The predicted molar refractivity (Wildman–Crippen MR) is 149 cm³/mol. The summed E-state index contributed by atoms with van der Waals surface area (Å²) < 4.78 is 0. The van der Waals surface area contributed by atoms with Crippen LogP contribution in [0.5, 0.6) is 0 Å². The smallest absolute Gasteiger partial charge is 0.325 e. The average molecular weight is 510 g/mol. The van der Waals surface area contributed by atoms with Crippen molar-refractivity contribution in [3.63, 3.8) is 0 Å². The van der Waals surface area contributed by atoms with Crippen LogP contribution in [0.25, 0.3) is 11.0 Å². The number of fused-ring (bicyclic) bond motifs is 1. The van der Waals surface area contributed by atoms with Crippen LogP contribution < -0.4 is 4.90 Å². The van der Waals surface area contributed by atoms with Crippen LogP contribution in [-0.2, 0) is 0 Å². The zero-order valence-corrected chi connectivity index (χ0v) is 24.3. The van der Waals surface area contributed by atoms with Crippen molar-refractivity contribution in [2.45, 2.75) is 94.5 Å². The Hall–Kier alpha value is -2.11. The van der Waals surface area contributed by atoms with Crippen molar-refractivity contribution in [1.82, 2.24) is 19.9 Å². The van der Waals surface area contributed by atoms with Crippen LogP contribution in [0.2, 0.25) is 16.6 Å². The minimum atomic E-state index is -1.94. The van der Waals surface area contributed by atoms with Crippen molar-refractivity contribution in [2.75, 3.05) is 24.7 Å². The van der Waals surface area contributed by atoms with E-state index in [4.69, 9.17) is 9.97 Å². The number of carbonyl (C=O) groups excluding carboxylic acids is 1. The van der Waals surface area contributed by atoms with E-state index in [9.17, 15) is 4.79 Å². The second-order valence-corrected chi connectivity index (χ2v) is 17.5. The number of amides is 2. The molecule has 8 heteroatoms. The van der Waals surface area contributed by atoms with Crippen LogP contribution in [0.3, 0.4) is 0 Å².